The highest BCUT2D eigenvalue weighted by molar-refractivity contribution is 7.80. The Morgan fingerprint density at radius 2 is 1.52 bits per heavy atom. The maximum Gasteiger partial charge on any atom is 0.416 e. The molecule has 0 saturated carbocycles. The molecule has 0 unspecified atom stereocenters. The van der Waals surface area contributed by atoms with Crippen molar-refractivity contribution in [2.75, 3.05) is 5.32 Å². The zero-order chi connectivity index (χ0) is 23.0. The quantitative estimate of drug-likeness (QED) is 0.343. The number of imide groups is 1. The molecule has 0 aliphatic rings. The van der Waals surface area contributed by atoms with Gasteiger partial charge in [-0.2, -0.15) is 13.2 Å². The lowest BCUT2D eigenvalue weighted by atomic mass is 10.2. The van der Waals surface area contributed by atoms with Crippen LogP contribution in [0, 0.1) is 0 Å². The van der Waals surface area contributed by atoms with Crippen molar-refractivity contribution in [3.63, 3.8) is 0 Å². The van der Waals surface area contributed by atoms with E-state index in [1.165, 1.54) is 12.1 Å². The Bertz CT molecular complexity index is 1060. The molecule has 0 atom stereocenters. The fourth-order valence-corrected chi connectivity index (χ4v) is 2.75. The molecule has 0 bridgehead atoms. The molecule has 0 aromatic heterocycles. The lowest BCUT2D eigenvalue weighted by Crippen LogP contribution is -2.34. The zero-order valence-electron chi connectivity index (χ0n) is 15.6. The molecule has 3 rings (SSSR count). The summed E-state index contributed by atoms with van der Waals surface area (Å²) >= 11 is 15.4. The summed E-state index contributed by atoms with van der Waals surface area (Å²) in [5, 5.41) is 5.14. The summed E-state index contributed by atoms with van der Waals surface area (Å²) in [6, 6.07) is 17.2. The van der Waals surface area contributed by atoms with E-state index in [1.807, 2.05) is 0 Å². The Hall–Kier alpha value is -2.68. The predicted molar refractivity (Wildman–Crippen MR) is 118 cm³/mol. The van der Waals surface area contributed by atoms with Gasteiger partial charge < -0.3 is 5.32 Å². The van der Waals surface area contributed by atoms with Gasteiger partial charge in [0.25, 0.3) is 5.91 Å². The highest BCUT2D eigenvalue weighted by Crippen LogP contribution is 2.30. The minimum absolute atomic E-state index is 0.0971. The van der Waals surface area contributed by atoms with E-state index in [9.17, 15) is 22.8 Å². The Labute approximate surface area is 191 Å². The summed E-state index contributed by atoms with van der Waals surface area (Å²) in [6.07, 6.45) is -4.30. The van der Waals surface area contributed by atoms with Crippen LogP contribution in [0.25, 0.3) is 0 Å². The lowest BCUT2D eigenvalue weighted by molar-refractivity contribution is -0.137. The molecule has 3 amide bonds. The second-order valence-electron chi connectivity index (χ2n) is 5.94. The monoisotopic (exact) mass is 486 g/mol. The molecular weight excluding hydrogens is 472 g/mol. The predicted octanol–water partition coefficient (Wildman–Crippen LogP) is 6.95. The molecule has 0 fully saturated rings. The molecule has 0 saturated heterocycles. The number of urea groups is 1. The topological polar surface area (TPSA) is 58.2 Å². The molecule has 4 nitrogen and oxygen atoms in total. The number of hydrogen-bond acceptors (Lipinski definition) is 3. The Balaban J connectivity index is 0.000000262. The van der Waals surface area contributed by atoms with E-state index < -0.39 is 23.7 Å². The van der Waals surface area contributed by atoms with Crippen LogP contribution in [0.1, 0.15) is 15.9 Å². The van der Waals surface area contributed by atoms with Crippen LogP contribution in [0.2, 0.25) is 10.0 Å². The number of halogens is 5. The average Bonchev–Trinajstić information content (AvgIpc) is 2.70. The van der Waals surface area contributed by atoms with Crippen molar-refractivity contribution in [3.8, 4) is 0 Å². The second-order valence-corrected chi connectivity index (χ2v) is 7.30. The van der Waals surface area contributed by atoms with E-state index in [0.717, 1.165) is 17.0 Å². The zero-order valence-corrected chi connectivity index (χ0v) is 18.0. The van der Waals surface area contributed by atoms with E-state index in [4.69, 9.17) is 23.2 Å². The fraction of sp³-hybridized carbons (Fsp3) is 0.0476. The van der Waals surface area contributed by atoms with Gasteiger partial charge in [0.15, 0.2) is 0 Å². The molecule has 0 aliphatic carbocycles. The van der Waals surface area contributed by atoms with E-state index >= 15 is 0 Å². The molecule has 0 spiro atoms. The Kier molecular flexibility index (Phi) is 8.79. The van der Waals surface area contributed by atoms with Crippen LogP contribution in [-0.4, -0.2) is 11.9 Å². The third-order valence-electron chi connectivity index (χ3n) is 3.62. The van der Waals surface area contributed by atoms with Crippen molar-refractivity contribution in [1.82, 2.24) is 5.32 Å². The number of anilines is 1. The van der Waals surface area contributed by atoms with Crippen molar-refractivity contribution < 1.29 is 22.8 Å². The normalized spacial score (nSPS) is 10.5. The molecule has 0 radical (unpaired) electrons. The van der Waals surface area contributed by atoms with E-state index in [0.29, 0.717) is 5.69 Å². The molecule has 10 heteroatoms. The van der Waals surface area contributed by atoms with Crippen molar-refractivity contribution >= 4 is 53.5 Å². The van der Waals surface area contributed by atoms with Gasteiger partial charge in [0.1, 0.15) is 0 Å². The summed E-state index contributed by atoms with van der Waals surface area (Å²) in [4.78, 5) is 24.3. The first-order valence-electron chi connectivity index (χ1n) is 8.55. The molecule has 0 heterocycles. The number of nitrogens with one attached hydrogen (secondary N) is 2. The molecule has 3 aromatic rings. The number of carbonyl (C=O) groups is 2. The number of carbonyl (C=O) groups excluding carboxylic acids is 2. The van der Waals surface area contributed by atoms with Crippen LogP contribution in [0.3, 0.4) is 0 Å². The van der Waals surface area contributed by atoms with Crippen molar-refractivity contribution in [2.45, 2.75) is 11.1 Å². The summed E-state index contributed by atoms with van der Waals surface area (Å²) in [7, 11) is 0. The summed E-state index contributed by atoms with van der Waals surface area (Å²) in [5.41, 5.74) is 0.0901. The first-order chi connectivity index (χ1) is 14.6. The highest BCUT2D eigenvalue weighted by atomic mass is 35.5. The summed E-state index contributed by atoms with van der Waals surface area (Å²) < 4.78 is 35.7. The first kappa shape index (κ1) is 24.6. The number of rotatable bonds is 2. The largest absolute Gasteiger partial charge is 0.416 e. The Morgan fingerprint density at radius 1 is 0.871 bits per heavy atom. The third-order valence-corrected chi connectivity index (χ3v) is 4.49. The van der Waals surface area contributed by atoms with Crippen LogP contribution in [0.15, 0.2) is 77.7 Å². The number of hydrogen-bond donors (Lipinski definition) is 3. The Morgan fingerprint density at radius 3 is 2.06 bits per heavy atom. The van der Waals surface area contributed by atoms with Gasteiger partial charge in [-0.05, 0) is 54.6 Å². The smallest absolute Gasteiger partial charge is 0.308 e. The maximum absolute atomic E-state index is 11.9. The van der Waals surface area contributed by atoms with E-state index in [2.05, 4.69) is 23.3 Å². The van der Waals surface area contributed by atoms with Crippen LogP contribution in [0.4, 0.5) is 23.7 Å². The minimum atomic E-state index is -4.30. The van der Waals surface area contributed by atoms with Gasteiger partial charge in [0.05, 0.1) is 16.1 Å². The SMILES string of the molecule is FC(F)(F)c1cccc(Cl)c1.O=C(NC(=O)c1ccccc1Cl)Nc1ccc(S)cc1. The van der Waals surface area contributed by atoms with Gasteiger partial charge in [-0.1, -0.05) is 41.4 Å². The van der Waals surface area contributed by atoms with Crippen molar-refractivity contribution in [1.29, 1.82) is 0 Å². The van der Waals surface area contributed by atoms with E-state index in [1.54, 1.807) is 48.5 Å². The van der Waals surface area contributed by atoms with Gasteiger partial charge in [-0.25, -0.2) is 4.79 Å². The molecule has 2 N–H and O–H groups in total. The first-order valence-corrected chi connectivity index (χ1v) is 9.75. The summed E-state index contributed by atoms with van der Waals surface area (Å²) in [5.74, 6) is -0.557. The van der Waals surface area contributed by atoms with Gasteiger partial charge >= 0.3 is 12.2 Å². The average molecular weight is 487 g/mol. The van der Waals surface area contributed by atoms with Crippen LogP contribution < -0.4 is 10.6 Å². The van der Waals surface area contributed by atoms with Crippen LogP contribution >= 0.6 is 35.8 Å². The van der Waals surface area contributed by atoms with Crippen LogP contribution in [-0.2, 0) is 6.18 Å². The van der Waals surface area contributed by atoms with Crippen molar-refractivity contribution in [3.05, 3.63) is 94.0 Å². The number of amides is 3. The second kappa shape index (κ2) is 11.1. The number of benzene rings is 3. The number of alkyl halides is 3. The van der Waals surface area contributed by atoms with Gasteiger partial charge in [0, 0.05) is 15.6 Å². The standard InChI is InChI=1S/C14H11ClN2O2S.C7H4ClF3/c15-12-4-2-1-3-11(12)13(18)17-14(19)16-9-5-7-10(20)8-6-9;8-6-3-1-2-5(4-6)7(9,10)11/h1-8,20H,(H2,16,17,18,19);1-4H. The molecular formula is C21H15Cl2F3N2O2S. The minimum Gasteiger partial charge on any atom is -0.308 e. The van der Waals surface area contributed by atoms with Crippen LogP contribution in [0.5, 0.6) is 0 Å². The summed E-state index contributed by atoms with van der Waals surface area (Å²) in [6.45, 7) is 0. The maximum atomic E-state index is 11.9. The lowest BCUT2D eigenvalue weighted by Gasteiger charge is -2.07. The van der Waals surface area contributed by atoms with Gasteiger partial charge in [0.2, 0.25) is 0 Å². The molecule has 0 aliphatic heterocycles. The van der Waals surface area contributed by atoms with Gasteiger partial charge in [-0.3, -0.25) is 10.1 Å². The number of thiol groups is 1. The van der Waals surface area contributed by atoms with E-state index in [-0.39, 0.29) is 15.6 Å². The third kappa shape index (κ3) is 8.16. The van der Waals surface area contributed by atoms with Crippen molar-refractivity contribution in [2.24, 2.45) is 0 Å². The highest BCUT2D eigenvalue weighted by Gasteiger charge is 2.30. The molecule has 31 heavy (non-hydrogen) atoms. The van der Waals surface area contributed by atoms with Gasteiger partial charge in [-0.15, -0.1) is 12.6 Å². The molecule has 162 valence electrons. The molecule has 3 aromatic carbocycles. The fourth-order valence-electron chi connectivity index (χ4n) is 2.19.